The predicted molar refractivity (Wildman–Crippen MR) is 136 cm³/mol. The third kappa shape index (κ3) is 8.16. The summed E-state index contributed by atoms with van der Waals surface area (Å²) in [5.74, 6) is 2.71. The molecule has 0 spiro atoms. The molecule has 8 nitrogen and oxygen atoms in total. The second-order valence-corrected chi connectivity index (χ2v) is 8.97. The quantitative estimate of drug-likeness (QED) is 0.214. The minimum atomic E-state index is 0. The van der Waals surface area contributed by atoms with E-state index in [2.05, 4.69) is 32.7 Å². The molecule has 1 saturated heterocycles. The standard InChI is InChI=1S/C22H41N7O.HI/c1-4-5-11-23-21(24-16-20-27-26-19(2)28(20)3)25-17-22(9-7-6-8-10-22)18-29-12-14-30-15-13-29;/h4-18H2,1-3H3,(H2,23,24,25);1H. The van der Waals surface area contributed by atoms with Gasteiger partial charge < -0.3 is 19.9 Å². The summed E-state index contributed by atoms with van der Waals surface area (Å²) in [5.41, 5.74) is 0.324. The average Bonchev–Trinajstić information content (AvgIpc) is 3.09. The second-order valence-electron chi connectivity index (χ2n) is 8.97. The molecule has 0 radical (unpaired) electrons. The van der Waals surface area contributed by atoms with E-state index in [4.69, 9.17) is 9.73 Å². The number of morpholine rings is 1. The molecule has 2 aliphatic rings. The molecule has 31 heavy (non-hydrogen) atoms. The molecule has 2 fully saturated rings. The van der Waals surface area contributed by atoms with Crippen LogP contribution >= 0.6 is 24.0 Å². The molecule has 1 aromatic rings. The number of aromatic nitrogens is 3. The topological polar surface area (TPSA) is 79.6 Å². The number of aryl methyl sites for hydroxylation is 1. The van der Waals surface area contributed by atoms with E-state index >= 15 is 0 Å². The summed E-state index contributed by atoms with van der Waals surface area (Å²) in [7, 11) is 2.00. The summed E-state index contributed by atoms with van der Waals surface area (Å²) in [5, 5.41) is 15.6. The Kier molecular flexibility index (Phi) is 11.5. The number of hydrogen-bond acceptors (Lipinski definition) is 5. The van der Waals surface area contributed by atoms with E-state index in [0.29, 0.717) is 12.0 Å². The maximum atomic E-state index is 5.56. The molecule has 2 N–H and O–H groups in total. The average molecular weight is 548 g/mol. The van der Waals surface area contributed by atoms with E-state index in [1.54, 1.807) is 0 Å². The van der Waals surface area contributed by atoms with Gasteiger partial charge in [0.25, 0.3) is 0 Å². The van der Waals surface area contributed by atoms with E-state index in [-0.39, 0.29) is 24.0 Å². The molecule has 0 unspecified atom stereocenters. The number of aliphatic imine (C=N–C) groups is 1. The van der Waals surface area contributed by atoms with Gasteiger partial charge in [0.05, 0.1) is 13.2 Å². The largest absolute Gasteiger partial charge is 0.379 e. The van der Waals surface area contributed by atoms with Crippen LogP contribution in [0.1, 0.15) is 63.5 Å². The van der Waals surface area contributed by atoms with Crippen molar-refractivity contribution in [2.45, 2.75) is 65.3 Å². The number of rotatable bonds is 9. The highest BCUT2D eigenvalue weighted by Crippen LogP contribution is 2.36. The maximum Gasteiger partial charge on any atom is 0.191 e. The zero-order valence-corrected chi connectivity index (χ0v) is 22.0. The fourth-order valence-electron chi connectivity index (χ4n) is 4.49. The number of halogens is 1. The minimum absolute atomic E-state index is 0. The van der Waals surface area contributed by atoms with Gasteiger partial charge in [0.1, 0.15) is 12.4 Å². The normalized spacial score (nSPS) is 19.6. The van der Waals surface area contributed by atoms with Crippen molar-refractivity contribution >= 4 is 29.9 Å². The van der Waals surface area contributed by atoms with Gasteiger partial charge in [-0.2, -0.15) is 0 Å². The lowest BCUT2D eigenvalue weighted by Gasteiger charge is -2.42. The Labute approximate surface area is 205 Å². The molecule has 1 aromatic heterocycles. The van der Waals surface area contributed by atoms with E-state index in [9.17, 15) is 0 Å². The van der Waals surface area contributed by atoms with Gasteiger partial charge in [-0.3, -0.25) is 4.90 Å². The molecule has 0 aromatic carbocycles. The minimum Gasteiger partial charge on any atom is -0.379 e. The van der Waals surface area contributed by atoms with Gasteiger partial charge in [-0.15, -0.1) is 34.2 Å². The Balaban J connectivity index is 0.00000341. The first-order valence-electron chi connectivity index (χ1n) is 11.8. The third-order valence-corrected chi connectivity index (χ3v) is 6.59. The van der Waals surface area contributed by atoms with Crippen LogP contribution in [-0.2, 0) is 18.3 Å². The van der Waals surface area contributed by atoms with Crippen molar-refractivity contribution in [1.29, 1.82) is 0 Å². The highest BCUT2D eigenvalue weighted by molar-refractivity contribution is 14.0. The van der Waals surface area contributed by atoms with E-state index in [0.717, 1.165) is 70.0 Å². The molecule has 2 heterocycles. The van der Waals surface area contributed by atoms with Crippen LogP contribution in [0.15, 0.2) is 4.99 Å². The molecule has 1 saturated carbocycles. The van der Waals surface area contributed by atoms with Crippen LogP contribution < -0.4 is 10.6 Å². The van der Waals surface area contributed by atoms with Crippen molar-refractivity contribution in [3.05, 3.63) is 11.6 Å². The second kappa shape index (κ2) is 13.6. The smallest absolute Gasteiger partial charge is 0.191 e. The molecular formula is C22H42IN7O. The molecule has 0 atom stereocenters. The molecule has 1 aliphatic carbocycles. The fraction of sp³-hybridized carbons (Fsp3) is 0.864. The van der Waals surface area contributed by atoms with Gasteiger partial charge in [0, 0.05) is 45.2 Å². The summed E-state index contributed by atoms with van der Waals surface area (Å²) < 4.78 is 7.57. The van der Waals surface area contributed by atoms with Gasteiger partial charge in [-0.05, 0) is 26.2 Å². The Bertz CT molecular complexity index is 667. The molecule has 9 heteroatoms. The number of unbranched alkanes of at least 4 members (excludes halogenated alkanes) is 1. The zero-order valence-electron chi connectivity index (χ0n) is 19.7. The van der Waals surface area contributed by atoms with Gasteiger partial charge >= 0.3 is 0 Å². The van der Waals surface area contributed by atoms with Gasteiger partial charge in [0.2, 0.25) is 0 Å². The first-order chi connectivity index (χ1) is 14.6. The van der Waals surface area contributed by atoms with Crippen molar-refractivity contribution in [3.8, 4) is 0 Å². The van der Waals surface area contributed by atoms with Crippen molar-refractivity contribution < 1.29 is 4.74 Å². The number of hydrogen-bond donors (Lipinski definition) is 2. The highest BCUT2D eigenvalue weighted by Gasteiger charge is 2.34. The van der Waals surface area contributed by atoms with E-state index in [1.165, 1.54) is 38.5 Å². The SMILES string of the molecule is CCCCNC(=NCc1nnc(C)n1C)NCC1(CN2CCOCC2)CCCCC1.I. The van der Waals surface area contributed by atoms with E-state index < -0.39 is 0 Å². The summed E-state index contributed by atoms with van der Waals surface area (Å²) in [6, 6.07) is 0. The molecule has 0 amide bonds. The van der Waals surface area contributed by atoms with Crippen LogP contribution in [0.4, 0.5) is 0 Å². The number of nitrogens with zero attached hydrogens (tertiary/aromatic N) is 5. The van der Waals surface area contributed by atoms with Gasteiger partial charge in [0.15, 0.2) is 11.8 Å². The van der Waals surface area contributed by atoms with Gasteiger partial charge in [-0.1, -0.05) is 32.6 Å². The Morgan fingerprint density at radius 2 is 1.87 bits per heavy atom. The van der Waals surface area contributed by atoms with Crippen molar-refractivity contribution in [2.24, 2.45) is 17.5 Å². The number of guanidine groups is 1. The summed E-state index contributed by atoms with van der Waals surface area (Å²) in [4.78, 5) is 7.44. The lowest BCUT2D eigenvalue weighted by atomic mass is 9.73. The predicted octanol–water partition coefficient (Wildman–Crippen LogP) is 2.86. The monoisotopic (exact) mass is 547 g/mol. The van der Waals surface area contributed by atoms with Crippen molar-refractivity contribution in [1.82, 2.24) is 30.3 Å². The number of ether oxygens (including phenoxy) is 1. The van der Waals surface area contributed by atoms with Crippen molar-refractivity contribution in [2.75, 3.05) is 45.9 Å². The molecule has 1 aliphatic heterocycles. The Morgan fingerprint density at radius 3 is 2.52 bits per heavy atom. The first-order valence-corrected chi connectivity index (χ1v) is 11.8. The Hall–Kier alpha value is -0.940. The van der Waals surface area contributed by atoms with E-state index in [1.807, 2.05) is 18.5 Å². The zero-order chi connectivity index (χ0) is 21.2. The summed E-state index contributed by atoms with van der Waals surface area (Å²) in [6.45, 7) is 11.6. The molecular weight excluding hydrogens is 505 g/mol. The van der Waals surface area contributed by atoms with Crippen molar-refractivity contribution in [3.63, 3.8) is 0 Å². The first kappa shape index (κ1) is 26.3. The highest BCUT2D eigenvalue weighted by atomic mass is 127. The lowest BCUT2D eigenvalue weighted by molar-refractivity contribution is 0.00820. The van der Waals surface area contributed by atoms with Crippen LogP contribution in [0.5, 0.6) is 0 Å². The maximum absolute atomic E-state index is 5.56. The summed E-state index contributed by atoms with van der Waals surface area (Å²) in [6.07, 6.45) is 8.93. The van der Waals surface area contributed by atoms with Crippen LogP contribution in [0, 0.1) is 12.3 Å². The van der Waals surface area contributed by atoms with Crippen LogP contribution in [-0.4, -0.2) is 71.6 Å². The van der Waals surface area contributed by atoms with Crippen LogP contribution in [0.3, 0.4) is 0 Å². The Morgan fingerprint density at radius 1 is 1.13 bits per heavy atom. The molecule has 178 valence electrons. The lowest BCUT2D eigenvalue weighted by Crippen LogP contribution is -2.51. The summed E-state index contributed by atoms with van der Waals surface area (Å²) >= 11 is 0. The number of nitrogens with one attached hydrogen (secondary N) is 2. The third-order valence-electron chi connectivity index (χ3n) is 6.59. The van der Waals surface area contributed by atoms with Crippen LogP contribution in [0.25, 0.3) is 0 Å². The molecule has 0 bridgehead atoms. The van der Waals surface area contributed by atoms with Crippen LogP contribution in [0.2, 0.25) is 0 Å². The molecule has 3 rings (SSSR count). The van der Waals surface area contributed by atoms with Gasteiger partial charge in [-0.25, -0.2) is 4.99 Å². The fourth-order valence-corrected chi connectivity index (χ4v) is 4.49.